The van der Waals surface area contributed by atoms with Gasteiger partial charge in [0, 0.05) is 31.9 Å². The molecule has 0 bridgehead atoms. The van der Waals surface area contributed by atoms with Crippen molar-refractivity contribution >= 4 is 17.4 Å². The number of amides is 1. The highest BCUT2D eigenvalue weighted by Gasteiger charge is 2.22. The number of piperazine rings is 1. The average Bonchev–Trinajstić information content (AvgIpc) is 2.68. The van der Waals surface area contributed by atoms with Crippen molar-refractivity contribution in [1.82, 2.24) is 19.8 Å². The minimum atomic E-state index is -0.0407. The molecule has 0 saturated carbocycles. The Bertz CT molecular complexity index is 719. The van der Waals surface area contributed by atoms with Gasteiger partial charge in [0.2, 0.25) is 0 Å². The molecule has 0 aliphatic carbocycles. The molecule has 6 nitrogen and oxygen atoms in total. The van der Waals surface area contributed by atoms with Crippen LogP contribution in [0, 0.1) is 0 Å². The van der Waals surface area contributed by atoms with Gasteiger partial charge in [-0.1, -0.05) is 32.9 Å². The van der Waals surface area contributed by atoms with Crippen molar-refractivity contribution in [2.24, 2.45) is 0 Å². The summed E-state index contributed by atoms with van der Waals surface area (Å²) in [6.45, 7) is 10.8. The molecule has 1 aliphatic heterocycles. The Hall–Kier alpha value is -2.47. The summed E-state index contributed by atoms with van der Waals surface area (Å²) in [6, 6.07) is 8.27. The number of nitrogens with zero attached hydrogens (tertiary/aromatic N) is 4. The van der Waals surface area contributed by atoms with E-state index in [-0.39, 0.29) is 5.91 Å². The lowest BCUT2D eigenvalue weighted by Gasteiger charge is -2.33. The van der Waals surface area contributed by atoms with E-state index in [2.05, 4.69) is 53.1 Å². The third kappa shape index (κ3) is 4.38. The Balaban J connectivity index is 1.60. The zero-order chi connectivity index (χ0) is 18.5. The van der Waals surface area contributed by atoms with Crippen molar-refractivity contribution in [2.75, 3.05) is 38.0 Å². The first-order chi connectivity index (χ1) is 12.6. The lowest BCUT2D eigenvalue weighted by molar-refractivity contribution is 0.0637. The molecule has 1 N–H and O–H groups in total. The minimum Gasteiger partial charge on any atom is -0.339 e. The largest absolute Gasteiger partial charge is 0.339 e. The first-order valence-electron chi connectivity index (χ1n) is 9.27. The fraction of sp³-hybridized carbons (Fsp3) is 0.450. The summed E-state index contributed by atoms with van der Waals surface area (Å²) in [5.74, 6) is 1.10. The van der Waals surface area contributed by atoms with Crippen molar-refractivity contribution in [1.29, 1.82) is 0 Å². The van der Waals surface area contributed by atoms with Crippen LogP contribution in [0.4, 0.5) is 11.5 Å². The van der Waals surface area contributed by atoms with Gasteiger partial charge in [-0.2, -0.15) is 0 Å². The van der Waals surface area contributed by atoms with Gasteiger partial charge in [0.1, 0.15) is 11.5 Å². The average molecular weight is 353 g/mol. The van der Waals surface area contributed by atoms with Gasteiger partial charge >= 0.3 is 0 Å². The number of benzene rings is 1. The molecule has 2 aromatic rings. The number of carbonyl (C=O) groups excluding carboxylic acids is 1. The van der Waals surface area contributed by atoms with Crippen molar-refractivity contribution in [2.45, 2.75) is 26.7 Å². The monoisotopic (exact) mass is 353 g/mol. The van der Waals surface area contributed by atoms with Gasteiger partial charge < -0.3 is 15.1 Å². The molecule has 6 heteroatoms. The molecule has 138 valence electrons. The van der Waals surface area contributed by atoms with Crippen LogP contribution in [0.5, 0.6) is 0 Å². The molecule has 1 amide bonds. The molecular weight excluding hydrogens is 326 g/mol. The highest BCUT2D eigenvalue weighted by molar-refractivity contribution is 5.92. The second kappa shape index (κ2) is 8.27. The summed E-state index contributed by atoms with van der Waals surface area (Å²) in [5, 5.41) is 3.22. The second-order valence-electron chi connectivity index (χ2n) is 6.92. The summed E-state index contributed by atoms with van der Waals surface area (Å²) in [7, 11) is 0. The minimum absolute atomic E-state index is 0.0407. The van der Waals surface area contributed by atoms with Crippen LogP contribution in [0.1, 0.15) is 42.7 Å². The molecule has 1 saturated heterocycles. The standard InChI is InChI=1S/C20H27N5O/c1-4-24-9-11-25(12-10-24)20(26)18-13-22-19(14-21-18)23-17-7-5-16(6-8-17)15(2)3/h5-8,13-15H,4,9-12H2,1-3H3,(H,22,23). The molecule has 1 fully saturated rings. The van der Waals surface area contributed by atoms with Gasteiger partial charge in [-0.15, -0.1) is 0 Å². The van der Waals surface area contributed by atoms with Crippen LogP contribution in [0.15, 0.2) is 36.7 Å². The van der Waals surface area contributed by atoms with Crippen molar-refractivity contribution in [3.63, 3.8) is 0 Å². The molecule has 0 radical (unpaired) electrons. The van der Waals surface area contributed by atoms with E-state index in [9.17, 15) is 4.79 Å². The van der Waals surface area contributed by atoms with Gasteiger partial charge in [-0.25, -0.2) is 9.97 Å². The maximum Gasteiger partial charge on any atom is 0.274 e. The number of hydrogen-bond acceptors (Lipinski definition) is 5. The fourth-order valence-corrected chi connectivity index (χ4v) is 3.03. The van der Waals surface area contributed by atoms with Crippen LogP contribution < -0.4 is 5.32 Å². The molecule has 0 atom stereocenters. The Kier molecular flexibility index (Phi) is 5.83. The van der Waals surface area contributed by atoms with Gasteiger partial charge in [-0.3, -0.25) is 4.79 Å². The zero-order valence-corrected chi connectivity index (χ0v) is 15.8. The van der Waals surface area contributed by atoms with Crippen LogP contribution in [-0.4, -0.2) is 58.4 Å². The van der Waals surface area contributed by atoms with E-state index in [0.29, 0.717) is 17.4 Å². The number of aromatic nitrogens is 2. The molecule has 1 aromatic heterocycles. The van der Waals surface area contributed by atoms with Crippen molar-refractivity contribution in [3.05, 3.63) is 47.9 Å². The molecule has 0 unspecified atom stereocenters. The van der Waals surface area contributed by atoms with Gasteiger partial charge in [0.05, 0.1) is 12.4 Å². The summed E-state index contributed by atoms with van der Waals surface area (Å²) >= 11 is 0. The summed E-state index contributed by atoms with van der Waals surface area (Å²) in [4.78, 5) is 25.4. The van der Waals surface area contributed by atoms with E-state index in [0.717, 1.165) is 38.4 Å². The molecule has 2 heterocycles. The maximum atomic E-state index is 12.6. The van der Waals surface area contributed by atoms with Crippen LogP contribution in [-0.2, 0) is 0 Å². The maximum absolute atomic E-state index is 12.6. The summed E-state index contributed by atoms with van der Waals surface area (Å²) < 4.78 is 0. The molecule has 1 aromatic carbocycles. The van der Waals surface area contributed by atoms with Crippen LogP contribution in [0.25, 0.3) is 0 Å². The highest BCUT2D eigenvalue weighted by atomic mass is 16.2. The van der Waals surface area contributed by atoms with Crippen LogP contribution >= 0.6 is 0 Å². The van der Waals surface area contributed by atoms with Gasteiger partial charge in [-0.05, 0) is 30.2 Å². The third-order valence-corrected chi connectivity index (χ3v) is 4.83. The Morgan fingerprint density at radius 1 is 1.08 bits per heavy atom. The first-order valence-corrected chi connectivity index (χ1v) is 9.27. The van der Waals surface area contributed by atoms with Gasteiger partial charge in [0.15, 0.2) is 0 Å². The fourth-order valence-electron chi connectivity index (χ4n) is 3.03. The van der Waals surface area contributed by atoms with Crippen molar-refractivity contribution < 1.29 is 4.79 Å². The quantitative estimate of drug-likeness (QED) is 0.895. The van der Waals surface area contributed by atoms with Crippen LogP contribution in [0.2, 0.25) is 0 Å². The third-order valence-electron chi connectivity index (χ3n) is 4.83. The summed E-state index contributed by atoms with van der Waals surface area (Å²) in [6.07, 6.45) is 3.17. The zero-order valence-electron chi connectivity index (χ0n) is 15.8. The second-order valence-corrected chi connectivity index (χ2v) is 6.92. The van der Waals surface area contributed by atoms with E-state index in [4.69, 9.17) is 0 Å². The molecular formula is C20H27N5O. The highest BCUT2D eigenvalue weighted by Crippen LogP contribution is 2.19. The first kappa shape index (κ1) is 18.3. The normalized spacial score (nSPS) is 15.3. The summed E-state index contributed by atoms with van der Waals surface area (Å²) in [5.41, 5.74) is 2.65. The van der Waals surface area contributed by atoms with E-state index >= 15 is 0 Å². The number of nitrogens with one attached hydrogen (secondary N) is 1. The number of hydrogen-bond donors (Lipinski definition) is 1. The number of likely N-dealkylation sites (N-methyl/N-ethyl adjacent to an activating group) is 1. The Morgan fingerprint density at radius 3 is 2.31 bits per heavy atom. The van der Waals surface area contributed by atoms with E-state index in [1.165, 1.54) is 5.56 Å². The van der Waals surface area contributed by atoms with E-state index in [1.54, 1.807) is 12.4 Å². The lowest BCUT2D eigenvalue weighted by Crippen LogP contribution is -2.48. The Morgan fingerprint density at radius 2 is 1.77 bits per heavy atom. The molecule has 3 rings (SSSR count). The predicted molar refractivity (Wildman–Crippen MR) is 104 cm³/mol. The molecule has 26 heavy (non-hydrogen) atoms. The topological polar surface area (TPSA) is 61.4 Å². The number of carbonyl (C=O) groups is 1. The van der Waals surface area contributed by atoms with Gasteiger partial charge in [0.25, 0.3) is 5.91 Å². The van der Waals surface area contributed by atoms with Crippen LogP contribution in [0.3, 0.4) is 0 Å². The van der Waals surface area contributed by atoms with E-state index in [1.807, 2.05) is 17.0 Å². The lowest BCUT2D eigenvalue weighted by atomic mass is 10.0. The van der Waals surface area contributed by atoms with Crippen molar-refractivity contribution in [3.8, 4) is 0 Å². The molecule has 1 aliphatic rings. The Labute approximate surface area is 155 Å². The smallest absolute Gasteiger partial charge is 0.274 e. The number of anilines is 2. The molecule has 0 spiro atoms. The SMILES string of the molecule is CCN1CCN(C(=O)c2cnc(Nc3ccc(C(C)C)cc3)cn2)CC1. The number of rotatable bonds is 5. The predicted octanol–water partition coefficient (Wildman–Crippen LogP) is 3.12. The van der Waals surface area contributed by atoms with E-state index < -0.39 is 0 Å².